The van der Waals surface area contributed by atoms with Gasteiger partial charge in [-0.3, -0.25) is 19.2 Å². The second kappa shape index (κ2) is 18.1. The molecular formula is C42H50N2O6S2. The fraction of sp³-hybridized carbons (Fsp3) is 0.429. The van der Waals surface area contributed by atoms with Crippen molar-refractivity contribution < 1.29 is 28.7 Å². The lowest BCUT2D eigenvalue weighted by molar-refractivity contribution is -0.149. The van der Waals surface area contributed by atoms with Crippen molar-refractivity contribution in [1.82, 2.24) is 10.0 Å². The first kappa shape index (κ1) is 39.2. The molecule has 0 aromatic heterocycles. The van der Waals surface area contributed by atoms with Gasteiger partial charge in [0.05, 0.1) is 39.0 Å². The van der Waals surface area contributed by atoms with Crippen molar-refractivity contribution in [3.63, 3.8) is 0 Å². The third-order valence-corrected chi connectivity index (χ3v) is 12.5. The lowest BCUT2D eigenvalue weighted by atomic mass is 9.99. The average Bonchev–Trinajstić information content (AvgIpc) is 3.67. The maximum atomic E-state index is 14.4. The molecule has 0 aliphatic carbocycles. The number of nitrogens with zero attached hydrogens (tertiary/aromatic N) is 2. The van der Waals surface area contributed by atoms with Crippen LogP contribution in [0.25, 0.3) is 0 Å². The quantitative estimate of drug-likeness (QED) is 0.0620. The zero-order valence-electron chi connectivity index (χ0n) is 31.2. The van der Waals surface area contributed by atoms with Crippen LogP contribution in [0.4, 0.5) is 0 Å². The molecule has 2 aliphatic heterocycles. The monoisotopic (exact) mass is 742 g/mol. The minimum absolute atomic E-state index is 0.0479. The number of carbonyl (C=O) groups is 4. The Bertz CT molecular complexity index is 1680. The first-order chi connectivity index (χ1) is 25.1. The largest absolute Gasteiger partial charge is 0.425 e. The summed E-state index contributed by atoms with van der Waals surface area (Å²) < 4.78 is 12.9. The first-order valence-corrected chi connectivity index (χ1v) is 20.2. The van der Waals surface area contributed by atoms with E-state index in [1.165, 1.54) is 33.5 Å². The van der Waals surface area contributed by atoms with E-state index < -0.39 is 11.8 Å². The zero-order valence-corrected chi connectivity index (χ0v) is 32.8. The highest BCUT2D eigenvalue weighted by Crippen LogP contribution is 2.61. The van der Waals surface area contributed by atoms with E-state index >= 15 is 0 Å². The maximum absolute atomic E-state index is 14.4. The Morgan fingerprint density at radius 3 is 1.37 bits per heavy atom. The first-order valence-electron chi connectivity index (χ1n) is 18.5. The van der Waals surface area contributed by atoms with Gasteiger partial charge in [0.15, 0.2) is 0 Å². The number of unbranched alkanes of at least 4 members (excludes halogenated alkanes) is 2. The van der Waals surface area contributed by atoms with Gasteiger partial charge in [0.1, 0.15) is 17.1 Å². The summed E-state index contributed by atoms with van der Waals surface area (Å²) in [5.41, 5.74) is 3.19. The van der Waals surface area contributed by atoms with Crippen molar-refractivity contribution in [3.05, 3.63) is 92.7 Å². The number of hydrazine groups is 1. The molecule has 5 rings (SSSR count). The SMILES string of the molecule is CCCCC(CC)C(=O)Oc1c(C)c(C)c(OC(=O)C(CC)CCCC)c2c1SC(=C1C(=O)N(Cc3ccccc3)N(Cc3ccccc3)C1=O)S2. The zero-order chi connectivity index (χ0) is 37.4. The van der Waals surface area contributed by atoms with Gasteiger partial charge < -0.3 is 9.47 Å². The van der Waals surface area contributed by atoms with Crippen molar-refractivity contribution in [3.8, 4) is 11.5 Å². The van der Waals surface area contributed by atoms with Crippen molar-refractivity contribution in [1.29, 1.82) is 0 Å². The molecule has 2 heterocycles. The Balaban J connectivity index is 1.59. The van der Waals surface area contributed by atoms with Crippen molar-refractivity contribution in [2.45, 2.75) is 116 Å². The summed E-state index contributed by atoms with van der Waals surface area (Å²) in [6, 6.07) is 19.2. The van der Waals surface area contributed by atoms with E-state index in [1.807, 2.05) is 88.4 Å². The molecule has 0 N–H and O–H groups in total. The van der Waals surface area contributed by atoms with Crippen LogP contribution in [0.3, 0.4) is 0 Å². The Labute approximate surface area is 316 Å². The predicted octanol–water partition coefficient (Wildman–Crippen LogP) is 9.94. The molecule has 2 amide bonds. The van der Waals surface area contributed by atoms with Gasteiger partial charge in [-0.05, 0) is 61.8 Å². The Morgan fingerprint density at radius 1 is 0.635 bits per heavy atom. The lowest BCUT2D eigenvalue weighted by Crippen LogP contribution is -2.39. The number of amides is 2. The summed E-state index contributed by atoms with van der Waals surface area (Å²) in [6.07, 6.45) is 6.54. The van der Waals surface area contributed by atoms with E-state index in [0.717, 1.165) is 49.7 Å². The topological polar surface area (TPSA) is 93.2 Å². The summed E-state index contributed by atoms with van der Waals surface area (Å²) in [5.74, 6) is -1.17. The van der Waals surface area contributed by atoms with Crippen molar-refractivity contribution in [2.75, 3.05) is 0 Å². The second-order valence-corrected chi connectivity index (χ2v) is 15.8. The number of hydrogen-bond acceptors (Lipinski definition) is 8. The molecule has 0 bridgehead atoms. The number of benzene rings is 3. The van der Waals surface area contributed by atoms with E-state index in [-0.39, 0.29) is 42.4 Å². The predicted molar refractivity (Wildman–Crippen MR) is 207 cm³/mol. The molecule has 1 fully saturated rings. The van der Waals surface area contributed by atoms with Gasteiger partial charge in [-0.2, -0.15) is 0 Å². The van der Waals surface area contributed by atoms with Crippen molar-refractivity contribution in [2.24, 2.45) is 11.8 Å². The second-order valence-electron chi connectivity index (χ2n) is 13.5. The minimum Gasteiger partial charge on any atom is -0.425 e. The molecule has 276 valence electrons. The molecule has 3 aromatic rings. The number of rotatable bonds is 16. The Kier molecular flexibility index (Phi) is 13.7. The molecule has 10 heteroatoms. The van der Waals surface area contributed by atoms with E-state index in [1.54, 1.807) is 0 Å². The average molecular weight is 743 g/mol. The highest BCUT2D eigenvalue weighted by Gasteiger charge is 2.46. The smallest absolute Gasteiger partial charge is 0.314 e. The number of fused-ring (bicyclic) bond motifs is 1. The van der Waals surface area contributed by atoms with E-state index in [0.29, 0.717) is 49.5 Å². The maximum Gasteiger partial charge on any atom is 0.314 e. The molecule has 0 spiro atoms. The van der Waals surface area contributed by atoms with E-state index in [4.69, 9.17) is 9.47 Å². The number of esters is 2. The summed E-state index contributed by atoms with van der Waals surface area (Å²) >= 11 is 2.47. The summed E-state index contributed by atoms with van der Waals surface area (Å²) in [4.78, 5) is 57.2. The summed E-state index contributed by atoms with van der Waals surface area (Å²) in [6.45, 7) is 12.3. The highest BCUT2D eigenvalue weighted by atomic mass is 32.2. The van der Waals surface area contributed by atoms with Crippen LogP contribution in [-0.2, 0) is 32.3 Å². The molecule has 1 saturated heterocycles. The van der Waals surface area contributed by atoms with Crippen LogP contribution < -0.4 is 9.47 Å². The number of hydrogen-bond donors (Lipinski definition) is 0. The standard InChI is InChI=1S/C42H50N2O6S2/c1-7-11-23-31(9-3)40(47)49-34-27(5)28(6)35(50-41(48)32(10-4)24-12-8-2)37-36(34)51-42(52-37)33-38(45)43(25-29-19-15-13-16-20-29)44(39(33)46)26-30-21-17-14-18-22-30/h13-22,31-32H,7-12,23-26H2,1-6H3. The molecule has 2 aliphatic rings. The van der Waals surface area contributed by atoms with Crippen LogP contribution in [0.1, 0.15) is 101 Å². The number of ether oxygens (including phenoxy) is 2. The van der Waals surface area contributed by atoms with Gasteiger partial charge in [0.2, 0.25) is 0 Å². The van der Waals surface area contributed by atoms with Crippen molar-refractivity contribution >= 4 is 47.3 Å². The van der Waals surface area contributed by atoms with Crippen LogP contribution in [-0.4, -0.2) is 33.8 Å². The van der Waals surface area contributed by atoms with Crippen LogP contribution in [0.2, 0.25) is 0 Å². The van der Waals surface area contributed by atoms with Gasteiger partial charge in [-0.15, -0.1) is 0 Å². The molecule has 3 aromatic carbocycles. The molecule has 0 saturated carbocycles. The van der Waals surface area contributed by atoms with Gasteiger partial charge in [0, 0.05) is 0 Å². The molecule has 0 radical (unpaired) electrons. The Morgan fingerprint density at radius 2 is 1.02 bits per heavy atom. The Hall–Kier alpha value is -4.02. The fourth-order valence-electron chi connectivity index (χ4n) is 6.44. The van der Waals surface area contributed by atoms with Gasteiger partial charge in [-0.25, -0.2) is 10.0 Å². The molecule has 2 atom stereocenters. The molecular weight excluding hydrogens is 693 g/mol. The van der Waals surface area contributed by atoms with E-state index in [2.05, 4.69) is 13.8 Å². The van der Waals surface area contributed by atoms with E-state index in [9.17, 15) is 19.2 Å². The summed E-state index contributed by atoms with van der Waals surface area (Å²) in [5, 5.41) is 3.02. The number of carbonyl (C=O) groups excluding carboxylic acids is 4. The fourth-order valence-corrected chi connectivity index (χ4v) is 9.23. The highest BCUT2D eigenvalue weighted by molar-refractivity contribution is 8.25. The third-order valence-electron chi connectivity index (χ3n) is 9.86. The molecule has 52 heavy (non-hydrogen) atoms. The van der Waals surface area contributed by atoms with Gasteiger partial charge >= 0.3 is 11.9 Å². The van der Waals surface area contributed by atoms with Crippen LogP contribution in [0.15, 0.2) is 80.3 Å². The van der Waals surface area contributed by atoms with Gasteiger partial charge in [0.25, 0.3) is 11.8 Å². The minimum atomic E-state index is -0.408. The van der Waals surface area contributed by atoms with Crippen LogP contribution in [0, 0.1) is 25.7 Å². The van der Waals surface area contributed by atoms with Gasteiger partial charge in [-0.1, -0.05) is 138 Å². The van der Waals surface area contributed by atoms with Crippen LogP contribution >= 0.6 is 23.5 Å². The van der Waals surface area contributed by atoms with Crippen LogP contribution in [0.5, 0.6) is 11.5 Å². The third kappa shape index (κ3) is 8.60. The molecule has 2 unspecified atom stereocenters. The molecule has 8 nitrogen and oxygen atoms in total. The normalized spacial score (nSPS) is 15.3. The number of thioether (sulfide) groups is 2. The lowest BCUT2D eigenvalue weighted by Gasteiger charge is -2.27. The summed E-state index contributed by atoms with van der Waals surface area (Å²) in [7, 11) is 0.